The summed E-state index contributed by atoms with van der Waals surface area (Å²) in [5.74, 6) is 0.554. The van der Waals surface area contributed by atoms with E-state index in [9.17, 15) is 14.4 Å². The van der Waals surface area contributed by atoms with Crippen molar-refractivity contribution >= 4 is 23.4 Å². The third kappa shape index (κ3) is 5.24. The first-order valence-corrected chi connectivity index (χ1v) is 12.5. The number of carbonyl (C=O) groups is 3. The molecule has 0 N–H and O–H groups in total. The number of carbonyl (C=O) groups excluding carboxylic acids is 3. The maximum Gasteiger partial charge on any atom is 0.257 e. The van der Waals surface area contributed by atoms with Crippen LogP contribution in [0.3, 0.4) is 0 Å². The van der Waals surface area contributed by atoms with Crippen LogP contribution in [-0.2, 0) is 9.59 Å². The minimum absolute atomic E-state index is 0.0490. The van der Waals surface area contributed by atoms with Crippen molar-refractivity contribution in [2.75, 3.05) is 44.2 Å². The average molecular weight is 457 g/mol. The van der Waals surface area contributed by atoms with Crippen LogP contribution in [-0.4, -0.2) is 77.4 Å². The number of fused-ring (bicyclic) bond motifs is 3. The number of hydrogen-bond donors (Lipinski definition) is 0. The van der Waals surface area contributed by atoms with E-state index in [-0.39, 0.29) is 17.7 Å². The Morgan fingerprint density at radius 2 is 1.82 bits per heavy atom. The van der Waals surface area contributed by atoms with Gasteiger partial charge in [0, 0.05) is 39.0 Å². The Morgan fingerprint density at radius 3 is 2.48 bits per heavy atom. The topological polar surface area (TPSA) is 64.2 Å². The Balaban J connectivity index is 1.67. The monoisotopic (exact) mass is 456 g/mol. The van der Waals surface area contributed by atoms with Gasteiger partial charge in [-0.3, -0.25) is 19.3 Å². The molecule has 1 unspecified atom stereocenters. The molecule has 182 valence electrons. The van der Waals surface area contributed by atoms with Crippen LogP contribution in [0.25, 0.3) is 0 Å². The summed E-state index contributed by atoms with van der Waals surface area (Å²) in [6.07, 6.45) is 2.04. The standard InChI is InChI=1S/C26H40N4O3/c1-6-27(7-2)17-18-28(19-20(3)4)23(31)13-10-16-29-25(33)21-11-8-9-12-22(21)30-24(32)14-15-26(29,30)5/h8-9,11-12,20H,6-7,10,13-19H2,1-5H3. The van der Waals surface area contributed by atoms with Crippen LogP contribution in [0, 0.1) is 5.92 Å². The van der Waals surface area contributed by atoms with Crippen LogP contribution in [0.4, 0.5) is 5.69 Å². The molecule has 0 aromatic heterocycles. The van der Waals surface area contributed by atoms with Crippen molar-refractivity contribution in [3.05, 3.63) is 29.8 Å². The van der Waals surface area contributed by atoms with Crippen LogP contribution in [0.15, 0.2) is 24.3 Å². The first kappa shape index (κ1) is 25.2. The SMILES string of the molecule is CCN(CC)CCN(CC(C)C)C(=O)CCCN1C(=O)c2ccccc2N2C(=O)CCC12C. The Bertz CT molecular complexity index is 867. The average Bonchev–Trinajstić information content (AvgIpc) is 3.10. The molecule has 2 heterocycles. The summed E-state index contributed by atoms with van der Waals surface area (Å²) in [5.41, 5.74) is 0.614. The van der Waals surface area contributed by atoms with Crippen molar-refractivity contribution in [1.82, 2.24) is 14.7 Å². The lowest BCUT2D eigenvalue weighted by molar-refractivity contribution is -0.132. The predicted molar refractivity (Wildman–Crippen MR) is 131 cm³/mol. The van der Waals surface area contributed by atoms with E-state index in [0.717, 1.165) is 32.7 Å². The number of likely N-dealkylation sites (N-methyl/N-ethyl adjacent to an activating group) is 1. The summed E-state index contributed by atoms with van der Waals surface area (Å²) in [4.78, 5) is 47.1. The van der Waals surface area contributed by atoms with E-state index in [1.807, 2.05) is 34.9 Å². The van der Waals surface area contributed by atoms with Gasteiger partial charge in [0.25, 0.3) is 5.91 Å². The van der Waals surface area contributed by atoms with Gasteiger partial charge in [0.05, 0.1) is 11.3 Å². The van der Waals surface area contributed by atoms with Gasteiger partial charge in [0.1, 0.15) is 5.66 Å². The molecule has 0 bridgehead atoms. The molecule has 1 saturated heterocycles. The molecule has 0 radical (unpaired) electrons. The van der Waals surface area contributed by atoms with Crippen molar-refractivity contribution in [2.45, 2.75) is 66.0 Å². The fraction of sp³-hybridized carbons (Fsp3) is 0.654. The Labute approximate surface area is 198 Å². The van der Waals surface area contributed by atoms with Gasteiger partial charge in [-0.05, 0) is 50.9 Å². The maximum atomic E-state index is 13.4. The normalized spacial score (nSPS) is 20.0. The molecule has 7 nitrogen and oxygen atoms in total. The predicted octanol–water partition coefficient (Wildman–Crippen LogP) is 3.59. The number of benzene rings is 1. The zero-order chi connectivity index (χ0) is 24.2. The summed E-state index contributed by atoms with van der Waals surface area (Å²) in [6, 6.07) is 7.35. The second kappa shape index (κ2) is 10.7. The smallest absolute Gasteiger partial charge is 0.257 e. The second-order valence-corrected chi connectivity index (χ2v) is 9.78. The van der Waals surface area contributed by atoms with E-state index in [2.05, 4.69) is 32.6 Å². The van der Waals surface area contributed by atoms with Gasteiger partial charge in [-0.1, -0.05) is 39.8 Å². The molecule has 33 heavy (non-hydrogen) atoms. The van der Waals surface area contributed by atoms with Crippen LogP contribution in [0.5, 0.6) is 0 Å². The lowest BCUT2D eigenvalue weighted by Gasteiger charge is -2.48. The minimum atomic E-state index is -0.661. The van der Waals surface area contributed by atoms with Gasteiger partial charge in [0.2, 0.25) is 11.8 Å². The fourth-order valence-electron chi connectivity index (χ4n) is 5.15. The molecule has 3 amide bonds. The molecule has 2 aliphatic rings. The van der Waals surface area contributed by atoms with Crippen LogP contribution in [0.1, 0.15) is 70.7 Å². The van der Waals surface area contributed by atoms with Crippen LogP contribution >= 0.6 is 0 Å². The first-order chi connectivity index (χ1) is 15.7. The highest BCUT2D eigenvalue weighted by Crippen LogP contribution is 2.44. The Morgan fingerprint density at radius 1 is 1.12 bits per heavy atom. The minimum Gasteiger partial charge on any atom is -0.341 e. The number of nitrogens with zero attached hydrogens (tertiary/aromatic N) is 4. The van der Waals surface area contributed by atoms with Gasteiger partial charge in [-0.15, -0.1) is 0 Å². The summed E-state index contributed by atoms with van der Waals surface area (Å²) in [6.45, 7) is 15.3. The molecule has 1 aromatic carbocycles. The molecule has 0 aliphatic carbocycles. The molecule has 1 aromatic rings. The zero-order valence-corrected chi connectivity index (χ0v) is 21.0. The third-order valence-corrected chi connectivity index (χ3v) is 7.04. The van der Waals surface area contributed by atoms with Crippen molar-refractivity contribution in [2.24, 2.45) is 5.92 Å². The third-order valence-electron chi connectivity index (χ3n) is 7.04. The number of para-hydroxylation sites is 1. The summed E-state index contributed by atoms with van der Waals surface area (Å²) in [5, 5.41) is 0. The molecule has 0 spiro atoms. The van der Waals surface area contributed by atoms with Crippen molar-refractivity contribution in [3.8, 4) is 0 Å². The lowest BCUT2D eigenvalue weighted by Crippen LogP contribution is -2.62. The maximum absolute atomic E-state index is 13.4. The quantitative estimate of drug-likeness (QED) is 0.510. The summed E-state index contributed by atoms with van der Waals surface area (Å²) >= 11 is 0. The molecular formula is C26H40N4O3. The zero-order valence-electron chi connectivity index (χ0n) is 21.0. The van der Waals surface area contributed by atoms with E-state index in [1.54, 1.807) is 11.0 Å². The lowest BCUT2D eigenvalue weighted by atomic mass is 9.98. The highest BCUT2D eigenvalue weighted by atomic mass is 16.2. The number of anilines is 1. The molecule has 0 saturated carbocycles. The van der Waals surface area contributed by atoms with E-state index in [1.165, 1.54) is 0 Å². The van der Waals surface area contributed by atoms with Crippen molar-refractivity contribution in [1.29, 1.82) is 0 Å². The van der Waals surface area contributed by atoms with Crippen molar-refractivity contribution in [3.63, 3.8) is 0 Å². The molecule has 2 aliphatic heterocycles. The summed E-state index contributed by atoms with van der Waals surface area (Å²) in [7, 11) is 0. The Kier molecular flexibility index (Phi) is 8.16. The summed E-state index contributed by atoms with van der Waals surface area (Å²) < 4.78 is 0. The molecule has 3 rings (SSSR count). The van der Waals surface area contributed by atoms with Crippen LogP contribution in [0.2, 0.25) is 0 Å². The highest BCUT2D eigenvalue weighted by Gasteiger charge is 2.52. The molecule has 7 heteroatoms. The van der Waals surface area contributed by atoms with E-state index >= 15 is 0 Å². The van der Waals surface area contributed by atoms with Gasteiger partial charge >= 0.3 is 0 Å². The number of rotatable bonds is 11. The van der Waals surface area contributed by atoms with E-state index in [4.69, 9.17) is 0 Å². The highest BCUT2D eigenvalue weighted by molar-refractivity contribution is 6.10. The molecular weight excluding hydrogens is 416 g/mol. The Hall–Kier alpha value is -2.41. The van der Waals surface area contributed by atoms with Gasteiger partial charge < -0.3 is 14.7 Å². The van der Waals surface area contributed by atoms with E-state index < -0.39 is 5.66 Å². The van der Waals surface area contributed by atoms with E-state index in [0.29, 0.717) is 49.4 Å². The van der Waals surface area contributed by atoms with Crippen LogP contribution < -0.4 is 4.90 Å². The number of hydrogen-bond acceptors (Lipinski definition) is 4. The fourth-order valence-corrected chi connectivity index (χ4v) is 5.15. The van der Waals surface area contributed by atoms with Gasteiger partial charge in [-0.25, -0.2) is 0 Å². The second-order valence-electron chi connectivity index (χ2n) is 9.78. The van der Waals surface area contributed by atoms with Gasteiger partial charge in [0.15, 0.2) is 0 Å². The van der Waals surface area contributed by atoms with Gasteiger partial charge in [-0.2, -0.15) is 0 Å². The van der Waals surface area contributed by atoms with Crippen molar-refractivity contribution < 1.29 is 14.4 Å². The first-order valence-electron chi connectivity index (χ1n) is 12.5. The largest absolute Gasteiger partial charge is 0.341 e. The molecule has 1 fully saturated rings. The molecule has 1 atom stereocenters. The number of amides is 3.